The molecule has 0 atom stereocenters. The summed E-state index contributed by atoms with van der Waals surface area (Å²) < 4.78 is 0. The molecule has 0 aromatic carbocycles. The van der Waals surface area contributed by atoms with Gasteiger partial charge in [-0.05, 0) is 0 Å². The fraction of sp³-hybridized carbons (Fsp3) is 0.333. The monoisotopic (exact) mass is 244 g/mol. The van der Waals surface area contributed by atoms with E-state index < -0.39 is 0 Å². The van der Waals surface area contributed by atoms with E-state index in [2.05, 4.69) is 50.3 Å². The predicted octanol–water partition coefficient (Wildman–Crippen LogP) is 0.393. The van der Waals surface area contributed by atoms with E-state index in [1.54, 1.807) is 0 Å². The first-order valence-electron chi connectivity index (χ1n) is 4.27. The summed E-state index contributed by atoms with van der Waals surface area (Å²) in [5.74, 6) is 0. The van der Waals surface area contributed by atoms with E-state index in [9.17, 15) is 0 Å². The third kappa shape index (κ3) is 7.26. The number of halogens is 1. The van der Waals surface area contributed by atoms with Crippen molar-refractivity contribution in [1.29, 1.82) is 0 Å². The van der Waals surface area contributed by atoms with E-state index in [1.807, 2.05) is 0 Å². The second-order valence-electron chi connectivity index (χ2n) is 2.93. The van der Waals surface area contributed by atoms with E-state index in [1.165, 1.54) is 11.1 Å². The quantitative estimate of drug-likeness (QED) is 0.541. The van der Waals surface area contributed by atoms with Crippen LogP contribution in [0.5, 0.6) is 0 Å². The summed E-state index contributed by atoms with van der Waals surface area (Å²) in [6.45, 7) is 4.12. The molecule has 0 spiro atoms. The van der Waals surface area contributed by atoms with Gasteiger partial charge in [-0.15, -0.1) is 12.8 Å². The minimum atomic E-state index is 0. The molecule has 0 aromatic rings. The fourth-order valence-corrected chi connectivity index (χ4v) is 1.03. The van der Waals surface area contributed by atoms with E-state index in [0.717, 1.165) is 12.8 Å². The van der Waals surface area contributed by atoms with Crippen LogP contribution in [-0.4, -0.2) is 0 Å². The largest absolute Gasteiger partial charge is 2.00 e. The number of rotatable bonds is 0. The average Bonchev–Trinajstić information content (AvgIpc) is 2.63. The van der Waals surface area contributed by atoms with Crippen molar-refractivity contribution < 1.29 is 31.0 Å². The van der Waals surface area contributed by atoms with Crippen LogP contribution < -0.4 is 12.4 Å². The molecule has 75 valence electrons. The van der Waals surface area contributed by atoms with Crippen LogP contribution in [0.4, 0.5) is 0 Å². The first-order chi connectivity index (χ1) is 5.79. The molecule has 0 heterocycles. The topological polar surface area (TPSA) is 0 Å². The van der Waals surface area contributed by atoms with Crippen molar-refractivity contribution in [3.05, 3.63) is 47.6 Å². The molecule has 0 fully saturated rings. The standard InChI is InChI=1S/2C6H7.ClH.V/c2*1-6-4-2-3-5-6;;/h2*2,4H,3H2,1H3;1H;/q2*-1;;+2/p-1. The second-order valence-corrected chi connectivity index (χ2v) is 2.93. The average molecular weight is 245 g/mol. The smallest absolute Gasteiger partial charge is 1.00 e. The van der Waals surface area contributed by atoms with Gasteiger partial charge in [-0.25, -0.2) is 23.3 Å². The Morgan fingerprint density at radius 2 is 1.29 bits per heavy atom. The molecule has 2 rings (SSSR count). The van der Waals surface area contributed by atoms with Crippen LogP contribution in [0, 0.1) is 12.2 Å². The summed E-state index contributed by atoms with van der Waals surface area (Å²) in [6.07, 6.45) is 16.7. The molecule has 0 aliphatic heterocycles. The Hall–Kier alpha value is -0.166. The Morgan fingerprint density at radius 1 is 0.929 bits per heavy atom. The van der Waals surface area contributed by atoms with E-state index in [0.29, 0.717) is 0 Å². The van der Waals surface area contributed by atoms with Crippen LogP contribution >= 0.6 is 0 Å². The van der Waals surface area contributed by atoms with Gasteiger partial charge in [-0.2, -0.15) is 12.2 Å². The first kappa shape index (κ1) is 16.3. The SMILES string of the molecule is CC1=[C-]CC=C1.CC1=[C-]CC=C1.[Cl-].[V+2]. The molecule has 2 heteroatoms. The molecule has 1 radical (unpaired) electrons. The zero-order valence-electron chi connectivity index (χ0n) is 8.55. The predicted molar refractivity (Wildman–Crippen MR) is 52.4 cm³/mol. The summed E-state index contributed by atoms with van der Waals surface area (Å²) in [4.78, 5) is 0. The Kier molecular flexibility index (Phi) is 10.9. The van der Waals surface area contributed by atoms with Gasteiger partial charge in [-0.1, -0.05) is 13.8 Å². The van der Waals surface area contributed by atoms with Gasteiger partial charge in [0.25, 0.3) is 0 Å². The van der Waals surface area contributed by atoms with Gasteiger partial charge in [0.1, 0.15) is 0 Å². The number of allylic oxidation sites excluding steroid dienone is 8. The third-order valence-electron chi connectivity index (χ3n) is 1.73. The minimum Gasteiger partial charge on any atom is -1.00 e. The van der Waals surface area contributed by atoms with Crippen molar-refractivity contribution in [2.75, 3.05) is 0 Å². The molecule has 0 aromatic heterocycles. The van der Waals surface area contributed by atoms with Crippen molar-refractivity contribution in [3.8, 4) is 0 Å². The molecule has 0 N–H and O–H groups in total. The summed E-state index contributed by atoms with van der Waals surface area (Å²) in [6, 6.07) is 0. The van der Waals surface area contributed by atoms with Gasteiger partial charge in [-0.3, -0.25) is 12.2 Å². The molecule has 0 nitrogen and oxygen atoms in total. The van der Waals surface area contributed by atoms with Crippen LogP contribution in [0.15, 0.2) is 35.5 Å². The van der Waals surface area contributed by atoms with Crippen LogP contribution in [0.2, 0.25) is 0 Å². The van der Waals surface area contributed by atoms with Crippen molar-refractivity contribution >= 4 is 0 Å². The molecular weight excluding hydrogens is 231 g/mol. The zero-order valence-corrected chi connectivity index (χ0v) is 10.7. The van der Waals surface area contributed by atoms with Crippen LogP contribution in [0.1, 0.15) is 26.7 Å². The van der Waals surface area contributed by atoms with Crippen LogP contribution in [0.3, 0.4) is 0 Å². The Morgan fingerprint density at radius 3 is 1.36 bits per heavy atom. The van der Waals surface area contributed by atoms with Crippen LogP contribution in [-0.2, 0) is 18.6 Å². The van der Waals surface area contributed by atoms with Gasteiger partial charge >= 0.3 is 18.6 Å². The summed E-state index contributed by atoms with van der Waals surface area (Å²) in [5.41, 5.74) is 2.55. The van der Waals surface area contributed by atoms with Gasteiger partial charge in [0.2, 0.25) is 0 Å². The normalized spacial score (nSPS) is 15.9. The van der Waals surface area contributed by atoms with Gasteiger partial charge in [0.05, 0.1) is 0 Å². The maximum absolute atomic E-state index is 3.12. The van der Waals surface area contributed by atoms with Crippen molar-refractivity contribution in [2.45, 2.75) is 26.7 Å². The summed E-state index contributed by atoms with van der Waals surface area (Å²) >= 11 is 0. The van der Waals surface area contributed by atoms with Gasteiger partial charge in [0, 0.05) is 0 Å². The molecule has 0 saturated carbocycles. The summed E-state index contributed by atoms with van der Waals surface area (Å²) in [7, 11) is 0. The molecule has 2 aliphatic rings. The van der Waals surface area contributed by atoms with Crippen molar-refractivity contribution in [3.63, 3.8) is 0 Å². The molecule has 0 saturated heterocycles. The number of hydrogen-bond acceptors (Lipinski definition) is 0. The van der Waals surface area contributed by atoms with Gasteiger partial charge in [0.15, 0.2) is 0 Å². The van der Waals surface area contributed by atoms with E-state index in [4.69, 9.17) is 0 Å². The maximum Gasteiger partial charge on any atom is 2.00 e. The minimum absolute atomic E-state index is 0. The molecule has 0 bridgehead atoms. The molecular formula is C12H14ClV-. The molecule has 2 aliphatic carbocycles. The first-order valence-corrected chi connectivity index (χ1v) is 4.27. The summed E-state index contributed by atoms with van der Waals surface area (Å²) in [5, 5.41) is 0. The Balaban J connectivity index is 0. The van der Waals surface area contributed by atoms with Crippen molar-refractivity contribution in [1.82, 2.24) is 0 Å². The van der Waals surface area contributed by atoms with E-state index in [-0.39, 0.29) is 31.0 Å². The zero-order chi connectivity index (χ0) is 8.81. The second kappa shape index (κ2) is 9.39. The molecule has 0 amide bonds. The van der Waals surface area contributed by atoms with Crippen molar-refractivity contribution in [2.24, 2.45) is 0 Å². The van der Waals surface area contributed by atoms with Gasteiger partial charge < -0.3 is 12.4 Å². The maximum atomic E-state index is 3.12. The van der Waals surface area contributed by atoms with Crippen LogP contribution in [0.25, 0.3) is 0 Å². The molecule has 0 unspecified atom stereocenters. The van der Waals surface area contributed by atoms with E-state index >= 15 is 0 Å². The third-order valence-corrected chi connectivity index (χ3v) is 1.73. The Labute approximate surface area is 105 Å². The molecule has 14 heavy (non-hydrogen) atoms. The fourth-order valence-electron chi connectivity index (χ4n) is 1.03. The number of hydrogen-bond donors (Lipinski definition) is 0. The Bertz CT molecular complexity index is 226.